The molecule has 0 saturated carbocycles. The Labute approximate surface area is 151 Å². The largest absolute Gasteiger partial charge is 0.449 e. The van der Waals surface area contributed by atoms with Gasteiger partial charge in [-0.1, -0.05) is 23.8 Å². The van der Waals surface area contributed by atoms with Crippen molar-refractivity contribution in [1.82, 2.24) is 10.9 Å². The summed E-state index contributed by atoms with van der Waals surface area (Å²) in [5.41, 5.74) is 5.67. The van der Waals surface area contributed by atoms with E-state index >= 15 is 0 Å². The van der Waals surface area contributed by atoms with Crippen LogP contribution in [0.2, 0.25) is 0 Å². The third-order valence-corrected chi connectivity index (χ3v) is 4.64. The van der Waals surface area contributed by atoms with Gasteiger partial charge in [0.1, 0.15) is 0 Å². The fourth-order valence-corrected chi connectivity index (χ4v) is 3.09. The molecule has 0 aliphatic heterocycles. The van der Waals surface area contributed by atoms with Crippen molar-refractivity contribution < 1.29 is 22.7 Å². The molecule has 2 rings (SSSR count). The number of amides is 2. The van der Waals surface area contributed by atoms with Gasteiger partial charge in [0, 0.05) is 11.3 Å². The van der Waals surface area contributed by atoms with Crippen LogP contribution in [-0.2, 0) is 14.8 Å². The van der Waals surface area contributed by atoms with Crippen LogP contribution in [0, 0.1) is 6.92 Å². The number of benzene rings is 2. The Morgan fingerprint density at radius 1 is 1.04 bits per heavy atom. The molecule has 26 heavy (non-hydrogen) atoms. The molecule has 0 heterocycles. The second kappa shape index (κ2) is 8.34. The normalized spacial score (nSPS) is 10.7. The van der Waals surface area contributed by atoms with E-state index in [1.165, 1.54) is 24.3 Å². The fraction of sp³-hybridized carbons (Fsp3) is 0.176. The van der Waals surface area contributed by atoms with E-state index in [0.717, 1.165) is 5.56 Å². The van der Waals surface area contributed by atoms with Crippen molar-refractivity contribution in [3.05, 3.63) is 59.7 Å². The summed E-state index contributed by atoms with van der Waals surface area (Å²) in [6, 6.07) is 12.3. The van der Waals surface area contributed by atoms with Gasteiger partial charge in [0.05, 0.1) is 11.5 Å². The molecule has 0 aliphatic rings. The third-order valence-electron chi connectivity index (χ3n) is 3.26. The Bertz CT molecular complexity index is 895. The Hall–Kier alpha value is -3.07. The van der Waals surface area contributed by atoms with E-state index in [4.69, 9.17) is 0 Å². The predicted molar refractivity (Wildman–Crippen MR) is 96.1 cm³/mol. The molecule has 3 N–H and O–H groups in total. The SMILES string of the molecule is CCOC(=O)NNC(=O)c1cccc(S(=O)(=O)Nc2ccc(C)cc2)c1. The first-order valence-electron chi connectivity index (χ1n) is 7.74. The van der Waals surface area contributed by atoms with Crippen molar-refractivity contribution in [3.8, 4) is 0 Å². The van der Waals surface area contributed by atoms with E-state index < -0.39 is 22.0 Å². The average molecular weight is 377 g/mol. The van der Waals surface area contributed by atoms with E-state index in [1.807, 2.05) is 6.92 Å². The lowest BCUT2D eigenvalue weighted by Crippen LogP contribution is -2.41. The zero-order valence-electron chi connectivity index (χ0n) is 14.3. The molecule has 0 fully saturated rings. The third kappa shape index (κ3) is 5.21. The number of nitrogens with one attached hydrogen (secondary N) is 3. The number of sulfonamides is 1. The second-order valence-corrected chi connectivity index (χ2v) is 6.98. The van der Waals surface area contributed by atoms with Crippen molar-refractivity contribution in [2.45, 2.75) is 18.7 Å². The fourth-order valence-electron chi connectivity index (χ4n) is 1.99. The van der Waals surface area contributed by atoms with Gasteiger partial charge in [0.2, 0.25) is 0 Å². The van der Waals surface area contributed by atoms with Crippen molar-refractivity contribution in [1.29, 1.82) is 0 Å². The number of carbonyl (C=O) groups is 2. The number of hydrogen-bond acceptors (Lipinski definition) is 5. The zero-order valence-corrected chi connectivity index (χ0v) is 15.1. The minimum atomic E-state index is -3.86. The summed E-state index contributed by atoms with van der Waals surface area (Å²) >= 11 is 0. The van der Waals surface area contributed by atoms with Crippen molar-refractivity contribution in [2.24, 2.45) is 0 Å². The summed E-state index contributed by atoms with van der Waals surface area (Å²) in [5, 5.41) is 0. The summed E-state index contributed by atoms with van der Waals surface area (Å²) in [5.74, 6) is -0.676. The summed E-state index contributed by atoms with van der Waals surface area (Å²) in [6.45, 7) is 3.67. The quantitative estimate of drug-likeness (QED) is 0.691. The van der Waals surface area contributed by atoms with E-state index in [9.17, 15) is 18.0 Å². The van der Waals surface area contributed by atoms with Gasteiger partial charge in [-0.3, -0.25) is 14.9 Å². The maximum absolute atomic E-state index is 12.5. The van der Waals surface area contributed by atoms with Crippen LogP contribution in [0.4, 0.5) is 10.5 Å². The van der Waals surface area contributed by atoms with Crippen molar-refractivity contribution in [3.63, 3.8) is 0 Å². The average Bonchev–Trinajstić information content (AvgIpc) is 2.62. The van der Waals surface area contributed by atoms with Gasteiger partial charge >= 0.3 is 6.09 Å². The molecular weight excluding hydrogens is 358 g/mol. The molecule has 0 aromatic heterocycles. The molecule has 0 aliphatic carbocycles. The summed E-state index contributed by atoms with van der Waals surface area (Å²) in [4.78, 5) is 23.1. The van der Waals surface area contributed by atoms with Gasteiger partial charge in [-0.25, -0.2) is 18.6 Å². The Kier molecular flexibility index (Phi) is 6.18. The maximum atomic E-state index is 12.5. The van der Waals surface area contributed by atoms with Crippen molar-refractivity contribution in [2.75, 3.05) is 11.3 Å². The maximum Gasteiger partial charge on any atom is 0.426 e. The van der Waals surface area contributed by atoms with Gasteiger partial charge in [-0.15, -0.1) is 0 Å². The molecule has 0 unspecified atom stereocenters. The highest BCUT2D eigenvalue weighted by Gasteiger charge is 2.17. The van der Waals surface area contributed by atoms with Crippen LogP contribution < -0.4 is 15.6 Å². The highest BCUT2D eigenvalue weighted by molar-refractivity contribution is 7.92. The van der Waals surface area contributed by atoms with E-state index in [-0.39, 0.29) is 17.1 Å². The van der Waals surface area contributed by atoms with Crippen LogP contribution >= 0.6 is 0 Å². The first kappa shape index (κ1) is 19.3. The molecule has 0 atom stereocenters. The summed E-state index contributed by atoms with van der Waals surface area (Å²) in [6.07, 6.45) is -0.814. The molecule has 0 spiro atoms. The predicted octanol–water partition coefficient (Wildman–Crippen LogP) is 2.19. The monoisotopic (exact) mass is 377 g/mol. The van der Waals surface area contributed by atoms with E-state index in [1.54, 1.807) is 31.2 Å². The van der Waals surface area contributed by atoms with E-state index in [0.29, 0.717) is 5.69 Å². The molecule has 0 saturated heterocycles. The van der Waals surface area contributed by atoms with Gasteiger partial charge in [-0.2, -0.15) is 0 Å². The zero-order chi connectivity index (χ0) is 19.2. The molecule has 8 nitrogen and oxygen atoms in total. The molecule has 2 aromatic carbocycles. The Balaban J connectivity index is 2.12. The topological polar surface area (TPSA) is 114 Å². The standard InChI is InChI=1S/C17H19N3O5S/c1-3-25-17(22)19-18-16(21)13-5-4-6-15(11-13)26(23,24)20-14-9-7-12(2)8-10-14/h4-11,20H,3H2,1-2H3,(H,18,21)(H,19,22). The smallest absolute Gasteiger partial charge is 0.426 e. The molecular formula is C17H19N3O5S. The number of hydrazine groups is 1. The minimum absolute atomic E-state index is 0.0635. The number of carbonyl (C=O) groups excluding carboxylic acids is 2. The summed E-state index contributed by atoms with van der Waals surface area (Å²) in [7, 11) is -3.86. The highest BCUT2D eigenvalue weighted by atomic mass is 32.2. The number of ether oxygens (including phenoxy) is 1. The van der Waals surface area contributed by atoms with Crippen LogP contribution in [-0.4, -0.2) is 27.0 Å². The first-order valence-corrected chi connectivity index (χ1v) is 9.23. The minimum Gasteiger partial charge on any atom is -0.449 e. The molecule has 9 heteroatoms. The highest BCUT2D eigenvalue weighted by Crippen LogP contribution is 2.17. The van der Waals surface area contributed by atoms with Crippen LogP contribution in [0.5, 0.6) is 0 Å². The second-order valence-electron chi connectivity index (χ2n) is 5.30. The van der Waals surface area contributed by atoms with Crippen LogP contribution in [0.1, 0.15) is 22.8 Å². The molecule has 0 bridgehead atoms. The number of hydrogen-bond donors (Lipinski definition) is 3. The van der Waals surface area contributed by atoms with Crippen molar-refractivity contribution >= 4 is 27.7 Å². The van der Waals surface area contributed by atoms with E-state index in [2.05, 4.69) is 20.3 Å². The summed E-state index contributed by atoms with van der Waals surface area (Å²) < 4.78 is 32.0. The lowest BCUT2D eigenvalue weighted by Gasteiger charge is -2.10. The lowest BCUT2D eigenvalue weighted by molar-refractivity contribution is 0.0912. The molecule has 0 radical (unpaired) electrons. The van der Waals surface area contributed by atoms with Gasteiger partial charge in [0.25, 0.3) is 15.9 Å². The lowest BCUT2D eigenvalue weighted by atomic mass is 10.2. The van der Waals surface area contributed by atoms with Crippen LogP contribution in [0.15, 0.2) is 53.4 Å². The van der Waals surface area contributed by atoms with Gasteiger partial charge in [0.15, 0.2) is 0 Å². The molecule has 2 aromatic rings. The molecule has 138 valence electrons. The molecule has 2 amide bonds. The van der Waals surface area contributed by atoms with Gasteiger partial charge in [-0.05, 0) is 44.2 Å². The van der Waals surface area contributed by atoms with Crippen LogP contribution in [0.3, 0.4) is 0 Å². The first-order chi connectivity index (χ1) is 12.3. The number of rotatable bonds is 5. The Morgan fingerprint density at radius 3 is 2.38 bits per heavy atom. The number of anilines is 1. The number of aryl methyl sites for hydroxylation is 1. The van der Waals surface area contributed by atoms with Crippen LogP contribution in [0.25, 0.3) is 0 Å². The van der Waals surface area contributed by atoms with Gasteiger partial charge < -0.3 is 4.74 Å². The Morgan fingerprint density at radius 2 is 1.73 bits per heavy atom.